The van der Waals surface area contributed by atoms with Crippen LogP contribution in [0.15, 0.2) is 54.6 Å². The van der Waals surface area contributed by atoms with Gasteiger partial charge in [-0.3, -0.25) is 4.79 Å². The third kappa shape index (κ3) is 5.01. The Hall–Kier alpha value is -2.60. The maximum atomic E-state index is 14.4. The number of nitrogens with zero attached hydrogens (tertiary/aromatic N) is 2. The van der Waals surface area contributed by atoms with E-state index in [0.717, 1.165) is 16.9 Å². The topological polar surface area (TPSA) is 46.9 Å². The van der Waals surface area contributed by atoms with E-state index < -0.39 is 11.9 Å². The Bertz CT molecular complexity index is 1350. The number of aryl methyl sites for hydroxylation is 1. The van der Waals surface area contributed by atoms with Crippen molar-refractivity contribution < 1.29 is 9.18 Å². The molecule has 1 N–H and O–H groups in total. The van der Waals surface area contributed by atoms with E-state index in [9.17, 15) is 9.18 Å². The van der Waals surface area contributed by atoms with Gasteiger partial charge in [0, 0.05) is 22.7 Å². The molecule has 4 aromatic rings. The van der Waals surface area contributed by atoms with Crippen molar-refractivity contribution in [3.63, 3.8) is 0 Å². The monoisotopic (exact) mass is 503 g/mol. The van der Waals surface area contributed by atoms with Crippen LogP contribution in [0.1, 0.15) is 46.7 Å². The summed E-state index contributed by atoms with van der Waals surface area (Å²) in [6.07, 6.45) is 0.532. The summed E-state index contributed by atoms with van der Waals surface area (Å²) in [5.74, 6) is 0.0693. The molecular formula is C25H21Cl3FN3O. The summed E-state index contributed by atoms with van der Waals surface area (Å²) in [4.78, 5) is 17.6. The maximum absolute atomic E-state index is 14.4. The van der Waals surface area contributed by atoms with Gasteiger partial charge in [0.25, 0.3) is 5.91 Å². The molecule has 0 aliphatic heterocycles. The summed E-state index contributed by atoms with van der Waals surface area (Å²) in [7, 11) is 0. The molecule has 0 spiro atoms. The molecule has 1 heterocycles. The zero-order chi connectivity index (χ0) is 23.7. The fourth-order valence-corrected chi connectivity index (χ4v) is 4.32. The van der Waals surface area contributed by atoms with E-state index in [-0.39, 0.29) is 5.91 Å². The van der Waals surface area contributed by atoms with Crippen LogP contribution in [0.3, 0.4) is 0 Å². The highest BCUT2D eigenvalue weighted by Gasteiger charge is 2.19. The standard InChI is InChI=1S/C25H21Cl3FN3O/c1-3-22(18-7-6-17(26)12-21(18)29)31-25(33)16-5-9-24-23(11-16)30-14(2)32(24)13-15-4-8-19(27)20(28)10-15/h4-12,22H,3,13H2,1-2H3,(H,31,33)/t22-/m0/s1. The lowest BCUT2D eigenvalue weighted by molar-refractivity contribution is 0.0935. The number of amides is 1. The average Bonchev–Trinajstić information content (AvgIpc) is 3.09. The Balaban J connectivity index is 1.58. The van der Waals surface area contributed by atoms with Crippen LogP contribution in [0.2, 0.25) is 15.1 Å². The fraction of sp³-hybridized carbons (Fsp3) is 0.200. The van der Waals surface area contributed by atoms with Crippen LogP contribution in [0.5, 0.6) is 0 Å². The minimum absolute atomic E-state index is 0.296. The first-order valence-corrected chi connectivity index (χ1v) is 11.6. The van der Waals surface area contributed by atoms with E-state index in [2.05, 4.69) is 14.9 Å². The van der Waals surface area contributed by atoms with Crippen LogP contribution in [0.4, 0.5) is 4.39 Å². The average molecular weight is 505 g/mol. The molecule has 0 bridgehead atoms. The van der Waals surface area contributed by atoms with E-state index in [0.29, 0.717) is 44.7 Å². The smallest absolute Gasteiger partial charge is 0.251 e. The van der Waals surface area contributed by atoms with Crippen molar-refractivity contribution in [1.29, 1.82) is 0 Å². The van der Waals surface area contributed by atoms with Gasteiger partial charge in [-0.05, 0) is 61.4 Å². The molecule has 3 aromatic carbocycles. The van der Waals surface area contributed by atoms with Gasteiger partial charge in [0.05, 0.1) is 27.1 Å². The second-order valence-electron chi connectivity index (χ2n) is 7.80. The number of nitrogens with one attached hydrogen (secondary N) is 1. The van der Waals surface area contributed by atoms with Crippen molar-refractivity contribution in [3.05, 3.63) is 98.0 Å². The Morgan fingerprint density at radius 3 is 2.55 bits per heavy atom. The van der Waals surface area contributed by atoms with E-state index in [1.54, 1.807) is 30.3 Å². The normalized spacial score (nSPS) is 12.2. The number of rotatable bonds is 6. The molecule has 4 nitrogen and oxygen atoms in total. The fourth-order valence-electron chi connectivity index (χ4n) is 3.84. The number of benzene rings is 3. The molecular weight excluding hydrogens is 484 g/mol. The second-order valence-corrected chi connectivity index (χ2v) is 9.05. The molecule has 0 radical (unpaired) electrons. The lowest BCUT2D eigenvalue weighted by Gasteiger charge is -2.18. The number of aromatic nitrogens is 2. The van der Waals surface area contributed by atoms with Gasteiger partial charge in [0.15, 0.2) is 0 Å². The minimum atomic E-state index is -0.473. The van der Waals surface area contributed by atoms with Crippen molar-refractivity contribution in [1.82, 2.24) is 14.9 Å². The third-order valence-corrected chi connectivity index (χ3v) is 6.55. The number of fused-ring (bicyclic) bond motifs is 1. The number of carbonyl (C=O) groups is 1. The molecule has 0 saturated carbocycles. The Labute approximate surface area is 206 Å². The van der Waals surface area contributed by atoms with Gasteiger partial charge in [0.2, 0.25) is 0 Å². The van der Waals surface area contributed by atoms with Crippen molar-refractivity contribution >= 4 is 51.7 Å². The largest absolute Gasteiger partial charge is 0.345 e. The molecule has 0 aliphatic rings. The molecule has 8 heteroatoms. The zero-order valence-electron chi connectivity index (χ0n) is 18.0. The van der Waals surface area contributed by atoms with E-state index in [1.165, 1.54) is 6.07 Å². The van der Waals surface area contributed by atoms with E-state index in [1.807, 2.05) is 32.0 Å². The van der Waals surface area contributed by atoms with E-state index in [4.69, 9.17) is 34.8 Å². The van der Waals surface area contributed by atoms with Gasteiger partial charge in [0.1, 0.15) is 11.6 Å². The molecule has 0 fully saturated rings. The summed E-state index contributed by atoms with van der Waals surface area (Å²) in [6, 6.07) is 14.9. The number of imidazole rings is 1. The molecule has 0 unspecified atom stereocenters. The second kappa shape index (κ2) is 9.72. The SMILES string of the molecule is CC[C@H](NC(=O)c1ccc2c(c1)nc(C)n2Cc1ccc(Cl)c(Cl)c1)c1ccc(Cl)cc1F. The van der Waals surface area contributed by atoms with Crippen LogP contribution in [-0.4, -0.2) is 15.5 Å². The number of halogens is 4. The van der Waals surface area contributed by atoms with Crippen LogP contribution < -0.4 is 5.32 Å². The van der Waals surface area contributed by atoms with Gasteiger partial charge in [-0.25, -0.2) is 9.37 Å². The summed E-state index contributed by atoms with van der Waals surface area (Å²) < 4.78 is 16.4. The van der Waals surface area contributed by atoms with Gasteiger partial charge >= 0.3 is 0 Å². The van der Waals surface area contributed by atoms with Gasteiger partial charge in [-0.2, -0.15) is 0 Å². The van der Waals surface area contributed by atoms with Crippen LogP contribution in [-0.2, 0) is 6.54 Å². The number of carbonyl (C=O) groups excluding carboxylic acids is 1. The molecule has 0 saturated heterocycles. The van der Waals surface area contributed by atoms with Crippen molar-refractivity contribution in [2.75, 3.05) is 0 Å². The molecule has 1 aromatic heterocycles. The van der Waals surface area contributed by atoms with Crippen LogP contribution in [0.25, 0.3) is 11.0 Å². The molecule has 1 atom stereocenters. The van der Waals surface area contributed by atoms with Crippen LogP contribution >= 0.6 is 34.8 Å². The summed E-state index contributed by atoms with van der Waals surface area (Å²) in [5, 5.41) is 4.23. The first-order chi connectivity index (χ1) is 15.8. The zero-order valence-corrected chi connectivity index (χ0v) is 20.3. The molecule has 1 amide bonds. The van der Waals surface area contributed by atoms with Crippen molar-refractivity contribution in [2.45, 2.75) is 32.9 Å². The van der Waals surface area contributed by atoms with Crippen LogP contribution in [0, 0.1) is 12.7 Å². The van der Waals surface area contributed by atoms with Crippen molar-refractivity contribution in [3.8, 4) is 0 Å². The highest BCUT2D eigenvalue weighted by atomic mass is 35.5. The minimum Gasteiger partial charge on any atom is -0.345 e. The first kappa shape index (κ1) is 23.6. The molecule has 0 aliphatic carbocycles. The summed E-state index contributed by atoms with van der Waals surface area (Å²) >= 11 is 18.0. The van der Waals surface area contributed by atoms with Gasteiger partial charge in [-0.15, -0.1) is 0 Å². The van der Waals surface area contributed by atoms with Gasteiger partial charge in [-0.1, -0.05) is 53.9 Å². The predicted octanol–water partition coefficient (Wildman–Crippen LogP) is 7.37. The summed E-state index contributed by atoms with van der Waals surface area (Å²) in [6.45, 7) is 4.36. The van der Waals surface area contributed by atoms with Gasteiger partial charge < -0.3 is 9.88 Å². The molecule has 170 valence electrons. The lowest BCUT2D eigenvalue weighted by atomic mass is 10.0. The Kier molecular flexibility index (Phi) is 6.94. The highest BCUT2D eigenvalue weighted by molar-refractivity contribution is 6.42. The first-order valence-electron chi connectivity index (χ1n) is 10.4. The Morgan fingerprint density at radius 2 is 1.85 bits per heavy atom. The third-order valence-electron chi connectivity index (χ3n) is 5.58. The quantitative estimate of drug-likeness (QED) is 0.298. The molecule has 33 heavy (non-hydrogen) atoms. The van der Waals surface area contributed by atoms with E-state index >= 15 is 0 Å². The highest BCUT2D eigenvalue weighted by Crippen LogP contribution is 2.26. The van der Waals surface area contributed by atoms with Crippen molar-refractivity contribution in [2.24, 2.45) is 0 Å². The lowest BCUT2D eigenvalue weighted by Crippen LogP contribution is -2.28. The predicted molar refractivity (Wildman–Crippen MR) is 132 cm³/mol. The number of hydrogen-bond acceptors (Lipinski definition) is 2. The number of hydrogen-bond donors (Lipinski definition) is 1. The Morgan fingerprint density at radius 1 is 1.06 bits per heavy atom. The summed E-state index contributed by atoms with van der Waals surface area (Å²) in [5.41, 5.74) is 3.44. The maximum Gasteiger partial charge on any atom is 0.251 e. The molecule has 4 rings (SSSR count).